The van der Waals surface area contributed by atoms with Crippen LogP contribution in [0.25, 0.3) is 0 Å². The van der Waals surface area contributed by atoms with Gasteiger partial charge in [0.1, 0.15) is 0 Å². The number of hydrogen-bond acceptors (Lipinski definition) is 4. The minimum absolute atomic E-state index is 0.00164. The van der Waals surface area contributed by atoms with Crippen LogP contribution in [-0.2, 0) is 28.7 Å². The summed E-state index contributed by atoms with van der Waals surface area (Å²) >= 11 is 12.2. The Morgan fingerprint density at radius 2 is 1.94 bits per heavy atom. The van der Waals surface area contributed by atoms with Gasteiger partial charge in [0.05, 0.1) is 34.8 Å². The normalized spacial score (nSPS) is 11.6. The Bertz CT molecular complexity index is 1330. The molecule has 1 heterocycles. The van der Waals surface area contributed by atoms with Crippen molar-refractivity contribution in [3.05, 3.63) is 93.7 Å². The van der Waals surface area contributed by atoms with E-state index >= 15 is 0 Å². The standard InChI is InChI=1S/C26H29Cl2N3O3S/c1-5-11-30(25(32)23-10-9-21(27)13-24(23)28)16-22-14-29-26(31(22)15-18(2)3)35(33,34)17-20-8-6-7-19(4)12-20/h5-10,12-14,18H,1,11,15-17H2,2-4H3. The SMILES string of the molecule is C=CCN(Cc1cnc(S(=O)(=O)Cc2cccc(C)c2)n1CC(C)C)C(=O)c1ccc(Cl)cc1Cl. The van der Waals surface area contributed by atoms with Crippen molar-refractivity contribution in [2.24, 2.45) is 5.92 Å². The second kappa shape index (κ2) is 11.4. The molecule has 0 spiro atoms. The summed E-state index contributed by atoms with van der Waals surface area (Å²) in [5.41, 5.74) is 2.61. The van der Waals surface area contributed by atoms with Gasteiger partial charge in [-0.2, -0.15) is 0 Å². The number of hydrogen-bond donors (Lipinski definition) is 0. The summed E-state index contributed by atoms with van der Waals surface area (Å²) in [5, 5.41) is 0.673. The monoisotopic (exact) mass is 533 g/mol. The molecule has 3 rings (SSSR count). The first kappa shape index (κ1) is 27.0. The van der Waals surface area contributed by atoms with Crippen LogP contribution in [0.15, 0.2) is 66.5 Å². The van der Waals surface area contributed by atoms with Crippen molar-refractivity contribution in [1.29, 1.82) is 0 Å². The Balaban J connectivity index is 1.97. The summed E-state index contributed by atoms with van der Waals surface area (Å²) in [6.45, 7) is 10.5. The van der Waals surface area contributed by atoms with Crippen LogP contribution in [-0.4, -0.2) is 35.3 Å². The summed E-state index contributed by atoms with van der Waals surface area (Å²) < 4.78 is 28.4. The van der Waals surface area contributed by atoms with E-state index in [0.29, 0.717) is 28.4 Å². The predicted molar refractivity (Wildman–Crippen MR) is 141 cm³/mol. The maximum Gasteiger partial charge on any atom is 0.256 e. The molecule has 0 bridgehead atoms. The van der Waals surface area contributed by atoms with Crippen molar-refractivity contribution in [2.75, 3.05) is 6.54 Å². The third-order valence-corrected chi connectivity index (χ3v) is 7.46. The number of aryl methyl sites for hydroxylation is 1. The van der Waals surface area contributed by atoms with Crippen molar-refractivity contribution in [3.63, 3.8) is 0 Å². The van der Waals surface area contributed by atoms with E-state index in [0.717, 1.165) is 5.56 Å². The summed E-state index contributed by atoms with van der Waals surface area (Å²) in [6.07, 6.45) is 3.14. The molecule has 0 fully saturated rings. The molecule has 0 saturated carbocycles. The van der Waals surface area contributed by atoms with Gasteiger partial charge in [0.2, 0.25) is 15.0 Å². The molecule has 0 unspecified atom stereocenters. The highest BCUT2D eigenvalue weighted by Crippen LogP contribution is 2.25. The quantitative estimate of drug-likeness (QED) is 0.301. The lowest BCUT2D eigenvalue weighted by Crippen LogP contribution is -2.32. The van der Waals surface area contributed by atoms with Gasteiger partial charge in [-0.05, 0) is 36.6 Å². The van der Waals surface area contributed by atoms with Gasteiger partial charge in [0.15, 0.2) is 0 Å². The fraction of sp³-hybridized carbons (Fsp3) is 0.308. The first-order valence-electron chi connectivity index (χ1n) is 11.2. The zero-order valence-electron chi connectivity index (χ0n) is 20.0. The zero-order valence-corrected chi connectivity index (χ0v) is 22.4. The van der Waals surface area contributed by atoms with Crippen LogP contribution in [0.2, 0.25) is 10.0 Å². The number of rotatable bonds is 10. The van der Waals surface area contributed by atoms with Crippen molar-refractivity contribution in [3.8, 4) is 0 Å². The molecule has 1 amide bonds. The molecule has 0 N–H and O–H groups in total. The van der Waals surface area contributed by atoms with Crippen molar-refractivity contribution >= 4 is 38.9 Å². The first-order chi connectivity index (χ1) is 16.5. The van der Waals surface area contributed by atoms with Crippen LogP contribution < -0.4 is 0 Å². The topological polar surface area (TPSA) is 72.3 Å². The van der Waals surface area contributed by atoms with Crippen LogP contribution in [0.3, 0.4) is 0 Å². The van der Waals surface area contributed by atoms with Crippen LogP contribution >= 0.6 is 23.2 Å². The molecule has 0 aliphatic carbocycles. The van der Waals surface area contributed by atoms with Crippen LogP contribution in [0.5, 0.6) is 0 Å². The number of halogens is 2. The van der Waals surface area contributed by atoms with E-state index in [1.165, 1.54) is 12.3 Å². The number of imidazole rings is 1. The van der Waals surface area contributed by atoms with E-state index < -0.39 is 9.84 Å². The van der Waals surface area contributed by atoms with Crippen molar-refractivity contribution < 1.29 is 13.2 Å². The molecule has 9 heteroatoms. The number of sulfone groups is 1. The van der Waals surface area contributed by atoms with Crippen LogP contribution in [0, 0.1) is 12.8 Å². The lowest BCUT2D eigenvalue weighted by Gasteiger charge is -2.23. The Kier molecular flexibility index (Phi) is 8.80. The van der Waals surface area contributed by atoms with Gasteiger partial charge in [-0.25, -0.2) is 13.4 Å². The molecule has 2 aromatic carbocycles. The number of amides is 1. The molecule has 0 atom stereocenters. The van der Waals surface area contributed by atoms with Gasteiger partial charge in [-0.3, -0.25) is 4.79 Å². The predicted octanol–water partition coefficient (Wildman–Crippen LogP) is 5.96. The van der Waals surface area contributed by atoms with Crippen molar-refractivity contribution in [1.82, 2.24) is 14.5 Å². The Hall–Kier alpha value is -2.61. The molecule has 0 aliphatic rings. The largest absolute Gasteiger partial charge is 0.329 e. The third kappa shape index (κ3) is 6.75. The highest BCUT2D eigenvalue weighted by Gasteiger charge is 2.26. The molecule has 1 aromatic heterocycles. The van der Waals surface area contributed by atoms with Gasteiger partial charge in [0.25, 0.3) is 5.91 Å². The summed E-state index contributed by atoms with van der Waals surface area (Å²) in [4.78, 5) is 19.1. The van der Waals surface area contributed by atoms with E-state index in [9.17, 15) is 13.2 Å². The van der Waals surface area contributed by atoms with Gasteiger partial charge in [-0.15, -0.1) is 6.58 Å². The van der Waals surface area contributed by atoms with E-state index in [4.69, 9.17) is 23.2 Å². The molecule has 35 heavy (non-hydrogen) atoms. The lowest BCUT2D eigenvalue weighted by atomic mass is 10.2. The Labute approximate surface area is 217 Å². The highest BCUT2D eigenvalue weighted by atomic mass is 35.5. The lowest BCUT2D eigenvalue weighted by molar-refractivity contribution is 0.0759. The van der Waals surface area contributed by atoms with E-state index in [1.54, 1.807) is 33.7 Å². The molecule has 0 aliphatic heterocycles. The fourth-order valence-corrected chi connectivity index (χ4v) is 5.79. The summed E-state index contributed by atoms with van der Waals surface area (Å²) in [5.74, 6) is -0.308. The average Bonchev–Trinajstić information content (AvgIpc) is 3.15. The number of aromatic nitrogens is 2. The molecule has 6 nitrogen and oxygen atoms in total. The maximum atomic E-state index is 13.4. The van der Waals surface area contributed by atoms with Crippen LogP contribution in [0.1, 0.15) is 41.0 Å². The third-order valence-electron chi connectivity index (χ3n) is 5.32. The number of carbonyl (C=O) groups excluding carboxylic acids is 1. The minimum atomic E-state index is -3.73. The molecular weight excluding hydrogens is 505 g/mol. The number of carbonyl (C=O) groups is 1. The smallest absolute Gasteiger partial charge is 0.256 e. The Morgan fingerprint density at radius 3 is 2.57 bits per heavy atom. The molecule has 0 radical (unpaired) electrons. The van der Waals surface area contributed by atoms with Crippen LogP contribution in [0.4, 0.5) is 0 Å². The summed E-state index contributed by atoms with van der Waals surface area (Å²) in [7, 11) is -3.73. The Morgan fingerprint density at radius 1 is 1.20 bits per heavy atom. The molecule has 186 valence electrons. The first-order valence-corrected chi connectivity index (χ1v) is 13.6. The second-order valence-corrected chi connectivity index (χ2v) is 11.6. The summed E-state index contributed by atoms with van der Waals surface area (Å²) in [6, 6.07) is 12.1. The maximum absolute atomic E-state index is 13.4. The highest BCUT2D eigenvalue weighted by molar-refractivity contribution is 7.90. The van der Waals surface area contributed by atoms with Crippen molar-refractivity contribution in [2.45, 2.75) is 44.8 Å². The van der Waals surface area contributed by atoms with Gasteiger partial charge in [0, 0.05) is 18.1 Å². The molecule has 3 aromatic rings. The minimum Gasteiger partial charge on any atom is -0.329 e. The van der Waals surface area contributed by atoms with Gasteiger partial charge >= 0.3 is 0 Å². The number of nitrogens with zero attached hydrogens (tertiary/aromatic N) is 3. The molecular formula is C26H29Cl2N3O3S. The van der Waals surface area contributed by atoms with E-state index in [-0.39, 0.29) is 40.8 Å². The second-order valence-electron chi connectivity index (χ2n) is 8.88. The number of benzene rings is 2. The molecule has 0 saturated heterocycles. The van der Waals surface area contributed by atoms with E-state index in [2.05, 4.69) is 11.6 Å². The fourth-order valence-electron chi connectivity index (χ4n) is 3.82. The zero-order chi connectivity index (χ0) is 25.8. The van der Waals surface area contributed by atoms with Gasteiger partial charge in [-0.1, -0.05) is 73.0 Å². The van der Waals surface area contributed by atoms with E-state index in [1.807, 2.05) is 39.0 Å². The average molecular weight is 535 g/mol. The van der Waals surface area contributed by atoms with Gasteiger partial charge < -0.3 is 9.47 Å².